The van der Waals surface area contributed by atoms with Crippen molar-refractivity contribution in [2.45, 2.75) is 38.3 Å². The molecule has 1 aliphatic carbocycles. The van der Waals surface area contributed by atoms with Gasteiger partial charge in [0, 0.05) is 12.1 Å². The predicted molar refractivity (Wildman–Crippen MR) is 143 cm³/mol. The van der Waals surface area contributed by atoms with Gasteiger partial charge in [0.2, 0.25) is 0 Å². The maximum absolute atomic E-state index is 15.1. The molecule has 39 heavy (non-hydrogen) atoms. The highest BCUT2D eigenvalue weighted by molar-refractivity contribution is 5.99. The van der Waals surface area contributed by atoms with Gasteiger partial charge in [-0.2, -0.15) is 10.4 Å². The van der Waals surface area contributed by atoms with Crippen molar-refractivity contribution in [3.05, 3.63) is 72.3 Å². The average Bonchev–Trinajstić information content (AvgIpc) is 3.52. The Kier molecular flexibility index (Phi) is 6.40. The van der Waals surface area contributed by atoms with Crippen molar-refractivity contribution in [2.75, 3.05) is 12.3 Å². The number of carbonyl (C=O) groups is 1. The normalized spacial score (nSPS) is 17.4. The number of nitrogens with zero attached hydrogens (tertiary/aromatic N) is 6. The average molecular weight is 524 g/mol. The molecule has 1 amide bonds. The van der Waals surface area contributed by atoms with Gasteiger partial charge in [0.1, 0.15) is 35.2 Å². The molecular weight excluding hydrogens is 497 g/mol. The van der Waals surface area contributed by atoms with Crippen molar-refractivity contribution in [1.82, 2.24) is 24.6 Å². The zero-order chi connectivity index (χ0) is 26.9. The first-order chi connectivity index (χ1) is 19.0. The number of rotatable bonds is 7. The number of hydrogen-bond acceptors (Lipinski definition) is 7. The fourth-order valence-electron chi connectivity index (χ4n) is 5.01. The minimum Gasteiger partial charge on any atom is -0.454 e. The molecule has 4 aromatic rings. The molecule has 2 aliphatic rings. The number of aromatic nitrogens is 4. The summed E-state index contributed by atoms with van der Waals surface area (Å²) < 4.78 is 22.5. The number of carbonyl (C=O) groups excluding carboxylic acids is 1. The lowest BCUT2D eigenvalue weighted by atomic mass is 10.1. The number of likely N-dealkylation sites (tertiary alicyclic amines) is 1. The lowest BCUT2D eigenvalue weighted by Crippen LogP contribution is -2.39. The van der Waals surface area contributed by atoms with Crippen LogP contribution in [0.15, 0.2) is 66.5 Å². The highest BCUT2D eigenvalue weighted by atomic mass is 19.1. The summed E-state index contributed by atoms with van der Waals surface area (Å²) in [6.07, 6.45) is 6.80. The molecule has 2 aromatic carbocycles. The molecule has 2 N–H and O–H groups in total. The highest BCUT2D eigenvalue weighted by Crippen LogP contribution is 2.35. The Labute approximate surface area is 224 Å². The van der Waals surface area contributed by atoms with E-state index in [1.165, 1.54) is 12.4 Å². The fraction of sp³-hybridized carbons (Fsp3) is 0.276. The smallest absolute Gasteiger partial charge is 0.264 e. The van der Waals surface area contributed by atoms with Gasteiger partial charge in [0.15, 0.2) is 17.2 Å². The van der Waals surface area contributed by atoms with E-state index in [9.17, 15) is 10.1 Å². The van der Waals surface area contributed by atoms with Gasteiger partial charge in [-0.25, -0.2) is 19.0 Å². The molecule has 1 saturated carbocycles. The van der Waals surface area contributed by atoms with Gasteiger partial charge < -0.3 is 15.4 Å². The Bertz CT molecular complexity index is 1620. The number of nitrogens with two attached hydrogens (primary N) is 1. The molecule has 196 valence electrons. The summed E-state index contributed by atoms with van der Waals surface area (Å²) in [5.74, 6) is 0.378. The second-order valence-electron chi connectivity index (χ2n) is 9.87. The Morgan fingerprint density at radius 2 is 2.00 bits per heavy atom. The number of benzene rings is 2. The summed E-state index contributed by atoms with van der Waals surface area (Å²) in [4.78, 5) is 23.5. The van der Waals surface area contributed by atoms with Crippen molar-refractivity contribution in [1.29, 1.82) is 5.26 Å². The van der Waals surface area contributed by atoms with E-state index in [0.717, 1.165) is 25.7 Å². The summed E-state index contributed by atoms with van der Waals surface area (Å²) in [6.45, 7) is 0.934. The summed E-state index contributed by atoms with van der Waals surface area (Å²) in [6, 6.07) is 15.5. The fourth-order valence-corrected chi connectivity index (χ4v) is 5.01. The maximum atomic E-state index is 15.1. The molecule has 1 aliphatic heterocycles. The SMILES string of the molecule is N#CC(=CC1CC1)C(=O)N1CCCC1Cn1nc(-c2ccc(Oc3ccccc3)c(F)c2)c2c(N)ncnc21. The Balaban J connectivity index is 1.31. The summed E-state index contributed by atoms with van der Waals surface area (Å²) in [5, 5.41) is 14.9. The molecule has 1 atom stereocenters. The van der Waals surface area contributed by atoms with E-state index < -0.39 is 5.82 Å². The quantitative estimate of drug-likeness (QED) is 0.271. The molecular formula is C29H26FN7O2. The summed E-state index contributed by atoms with van der Waals surface area (Å²) in [7, 11) is 0. The van der Waals surface area contributed by atoms with Gasteiger partial charge >= 0.3 is 0 Å². The number of anilines is 1. The van der Waals surface area contributed by atoms with Crippen molar-refractivity contribution in [3.8, 4) is 28.8 Å². The number of halogens is 1. The molecule has 0 spiro atoms. The topological polar surface area (TPSA) is 123 Å². The molecule has 0 radical (unpaired) electrons. The van der Waals surface area contributed by atoms with E-state index in [1.54, 1.807) is 39.9 Å². The molecule has 6 rings (SSSR count). The first kappa shape index (κ1) is 24.6. The number of allylic oxidation sites excluding steroid dienone is 1. The molecule has 1 saturated heterocycles. The third-order valence-corrected chi connectivity index (χ3v) is 7.13. The first-order valence-electron chi connectivity index (χ1n) is 12.9. The molecule has 3 heterocycles. The minimum atomic E-state index is -0.548. The Hall–Kier alpha value is -4.78. The monoisotopic (exact) mass is 523 g/mol. The molecule has 0 bridgehead atoms. The number of para-hydroxylation sites is 1. The molecule has 2 aromatic heterocycles. The lowest BCUT2D eigenvalue weighted by molar-refractivity contribution is -0.127. The van der Waals surface area contributed by atoms with Crippen LogP contribution < -0.4 is 10.5 Å². The van der Waals surface area contributed by atoms with Crippen molar-refractivity contribution in [2.24, 2.45) is 5.92 Å². The number of ether oxygens (including phenoxy) is 1. The lowest BCUT2D eigenvalue weighted by Gasteiger charge is -2.24. The van der Waals surface area contributed by atoms with Crippen LogP contribution in [0.2, 0.25) is 0 Å². The minimum absolute atomic E-state index is 0.0885. The maximum Gasteiger partial charge on any atom is 0.264 e. The second kappa shape index (κ2) is 10.2. The Morgan fingerprint density at radius 1 is 1.18 bits per heavy atom. The molecule has 10 heteroatoms. The number of hydrogen-bond donors (Lipinski definition) is 1. The van der Waals surface area contributed by atoms with Crippen LogP contribution in [0.1, 0.15) is 25.7 Å². The van der Waals surface area contributed by atoms with Crippen LogP contribution in [0, 0.1) is 23.1 Å². The van der Waals surface area contributed by atoms with Gasteiger partial charge in [0.25, 0.3) is 5.91 Å². The van der Waals surface area contributed by atoms with Gasteiger partial charge in [-0.15, -0.1) is 0 Å². The number of fused-ring (bicyclic) bond motifs is 1. The second-order valence-corrected chi connectivity index (χ2v) is 9.87. The van der Waals surface area contributed by atoms with Crippen molar-refractivity contribution in [3.63, 3.8) is 0 Å². The summed E-state index contributed by atoms with van der Waals surface area (Å²) in [5.41, 5.74) is 7.88. The van der Waals surface area contributed by atoms with Crippen LogP contribution in [0.25, 0.3) is 22.3 Å². The van der Waals surface area contributed by atoms with Crippen LogP contribution in [0.4, 0.5) is 10.2 Å². The molecule has 9 nitrogen and oxygen atoms in total. The molecule has 2 fully saturated rings. The molecule has 1 unspecified atom stereocenters. The van der Waals surface area contributed by atoms with E-state index in [1.807, 2.05) is 18.2 Å². The predicted octanol–water partition coefficient (Wildman–Crippen LogP) is 4.86. The van der Waals surface area contributed by atoms with Gasteiger partial charge in [-0.3, -0.25) is 4.79 Å². The Morgan fingerprint density at radius 3 is 2.74 bits per heavy atom. The third kappa shape index (κ3) is 4.91. The number of amides is 1. The van der Waals surface area contributed by atoms with E-state index in [0.29, 0.717) is 47.0 Å². The van der Waals surface area contributed by atoms with E-state index in [2.05, 4.69) is 16.0 Å². The standard InChI is InChI=1S/C29H26FN7O2/c30-23-14-19(10-11-24(23)39-22-6-2-1-3-7-22)26-25-27(32)33-17-34-28(25)37(35-26)16-21-5-4-12-36(21)29(38)20(15-31)13-18-8-9-18/h1-3,6-7,10-11,13-14,17-18,21H,4-5,8-9,12,16H2,(H2,32,33,34). The van der Waals surface area contributed by atoms with Crippen LogP contribution in [-0.4, -0.2) is 43.1 Å². The first-order valence-corrected chi connectivity index (χ1v) is 12.9. The van der Waals surface area contributed by atoms with Crippen LogP contribution in [0.5, 0.6) is 11.5 Å². The van der Waals surface area contributed by atoms with E-state index in [-0.39, 0.29) is 29.1 Å². The summed E-state index contributed by atoms with van der Waals surface area (Å²) >= 11 is 0. The zero-order valence-corrected chi connectivity index (χ0v) is 21.1. The number of nitriles is 1. The van der Waals surface area contributed by atoms with E-state index >= 15 is 4.39 Å². The largest absolute Gasteiger partial charge is 0.454 e. The van der Waals surface area contributed by atoms with Crippen molar-refractivity contribution < 1.29 is 13.9 Å². The van der Waals surface area contributed by atoms with E-state index in [4.69, 9.17) is 15.6 Å². The van der Waals surface area contributed by atoms with Gasteiger partial charge in [0.05, 0.1) is 18.0 Å². The van der Waals surface area contributed by atoms with Crippen molar-refractivity contribution >= 4 is 22.8 Å². The van der Waals surface area contributed by atoms with Gasteiger partial charge in [-0.1, -0.05) is 24.3 Å². The number of nitrogen functional groups attached to an aromatic ring is 1. The van der Waals surface area contributed by atoms with Crippen LogP contribution in [0.3, 0.4) is 0 Å². The van der Waals surface area contributed by atoms with Gasteiger partial charge in [-0.05, 0) is 61.9 Å². The third-order valence-electron chi connectivity index (χ3n) is 7.13. The van der Waals surface area contributed by atoms with Crippen LogP contribution >= 0.6 is 0 Å². The zero-order valence-electron chi connectivity index (χ0n) is 21.1. The highest BCUT2D eigenvalue weighted by Gasteiger charge is 2.33. The van der Waals surface area contributed by atoms with Crippen LogP contribution in [-0.2, 0) is 11.3 Å².